The zero-order valence-corrected chi connectivity index (χ0v) is 8.26. The van der Waals surface area contributed by atoms with Crippen molar-refractivity contribution in [3.05, 3.63) is 0 Å². The van der Waals surface area contributed by atoms with Gasteiger partial charge in [-0.25, -0.2) is 0 Å². The molecule has 0 spiro atoms. The number of hydrogen-bond donors (Lipinski definition) is 1. The molecule has 0 amide bonds. The second-order valence-corrected chi connectivity index (χ2v) is 3.29. The molecule has 1 saturated heterocycles. The molecule has 1 N–H and O–H groups in total. The number of esters is 1. The molecule has 0 saturated carbocycles. The van der Waals surface area contributed by atoms with Crippen LogP contribution in [-0.2, 0) is 14.3 Å². The minimum atomic E-state index is -0.523. The molecule has 0 radical (unpaired) electrons. The molecule has 1 aliphatic heterocycles. The third-order valence-electron chi connectivity index (χ3n) is 2.62. The molecule has 0 aromatic heterocycles. The average Bonchev–Trinajstić information content (AvgIpc) is 2.42. The fourth-order valence-electron chi connectivity index (χ4n) is 1.70. The van der Waals surface area contributed by atoms with Crippen molar-refractivity contribution in [3.63, 3.8) is 0 Å². The standard InChI is InChI=1S/C9H17NO3/c1-10-9(8(11)12-2)4-3-6-13-7-5-9/h10H,3-7H2,1-2H3. The predicted octanol–water partition coefficient (Wildman–Crippen LogP) is 0.318. The van der Waals surface area contributed by atoms with E-state index >= 15 is 0 Å². The number of methoxy groups -OCH3 is 1. The molecular weight excluding hydrogens is 170 g/mol. The summed E-state index contributed by atoms with van der Waals surface area (Å²) >= 11 is 0. The number of rotatable bonds is 2. The molecule has 0 bridgehead atoms. The summed E-state index contributed by atoms with van der Waals surface area (Å²) < 4.78 is 10.1. The Morgan fingerprint density at radius 1 is 1.46 bits per heavy atom. The first-order valence-electron chi connectivity index (χ1n) is 4.60. The number of carbonyl (C=O) groups excluding carboxylic acids is 1. The number of likely N-dealkylation sites (N-methyl/N-ethyl adjacent to an activating group) is 1. The molecule has 1 unspecified atom stereocenters. The summed E-state index contributed by atoms with van der Waals surface area (Å²) in [6, 6.07) is 0. The van der Waals surface area contributed by atoms with Crippen LogP contribution in [0.1, 0.15) is 19.3 Å². The molecule has 1 fully saturated rings. The van der Waals surface area contributed by atoms with E-state index in [0.29, 0.717) is 13.0 Å². The van der Waals surface area contributed by atoms with E-state index < -0.39 is 5.54 Å². The van der Waals surface area contributed by atoms with Crippen molar-refractivity contribution >= 4 is 5.97 Å². The van der Waals surface area contributed by atoms with E-state index in [4.69, 9.17) is 9.47 Å². The van der Waals surface area contributed by atoms with Crippen LogP contribution in [0.25, 0.3) is 0 Å². The Balaban J connectivity index is 2.70. The molecule has 0 aliphatic carbocycles. The minimum absolute atomic E-state index is 0.180. The summed E-state index contributed by atoms with van der Waals surface area (Å²) in [4.78, 5) is 11.5. The van der Waals surface area contributed by atoms with Gasteiger partial charge in [0, 0.05) is 13.2 Å². The summed E-state index contributed by atoms with van der Waals surface area (Å²) in [5, 5.41) is 3.05. The molecule has 4 heteroatoms. The van der Waals surface area contributed by atoms with Gasteiger partial charge in [-0.2, -0.15) is 0 Å². The Labute approximate surface area is 78.6 Å². The van der Waals surface area contributed by atoms with E-state index in [9.17, 15) is 4.79 Å². The first kappa shape index (κ1) is 10.5. The molecule has 76 valence electrons. The van der Waals surface area contributed by atoms with E-state index in [-0.39, 0.29) is 5.97 Å². The molecule has 13 heavy (non-hydrogen) atoms. The van der Waals surface area contributed by atoms with Crippen molar-refractivity contribution in [2.75, 3.05) is 27.4 Å². The highest BCUT2D eigenvalue weighted by Gasteiger charge is 2.38. The third-order valence-corrected chi connectivity index (χ3v) is 2.62. The summed E-state index contributed by atoms with van der Waals surface area (Å²) in [6.45, 7) is 1.36. The summed E-state index contributed by atoms with van der Waals surface area (Å²) in [5.74, 6) is -0.180. The van der Waals surface area contributed by atoms with Crippen molar-refractivity contribution in [1.82, 2.24) is 5.32 Å². The topological polar surface area (TPSA) is 47.6 Å². The molecule has 1 aliphatic rings. The Hall–Kier alpha value is -0.610. The van der Waals surface area contributed by atoms with Gasteiger partial charge in [0.1, 0.15) is 5.54 Å². The van der Waals surface area contributed by atoms with Crippen LogP contribution in [0.2, 0.25) is 0 Å². The number of hydrogen-bond acceptors (Lipinski definition) is 4. The van der Waals surface area contributed by atoms with Crippen LogP contribution in [-0.4, -0.2) is 38.9 Å². The van der Waals surface area contributed by atoms with Gasteiger partial charge in [0.25, 0.3) is 0 Å². The van der Waals surface area contributed by atoms with Crippen LogP contribution >= 0.6 is 0 Å². The second-order valence-electron chi connectivity index (χ2n) is 3.29. The van der Waals surface area contributed by atoms with E-state index in [1.165, 1.54) is 7.11 Å². The van der Waals surface area contributed by atoms with Gasteiger partial charge in [0.2, 0.25) is 0 Å². The Morgan fingerprint density at radius 2 is 2.23 bits per heavy atom. The highest BCUT2D eigenvalue weighted by Crippen LogP contribution is 2.22. The van der Waals surface area contributed by atoms with Gasteiger partial charge in [-0.1, -0.05) is 0 Å². The van der Waals surface area contributed by atoms with Crippen LogP contribution in [0.15, 0.2) is 0 Å². The smallest absolute Gasteiger partial charge is 0.326 e. The molecular formula is C9H17NO3. The molecule has 1 heterocycles. The first-order valence-corrected chi connectivity index (χ1v) is 4.60. The van der Waals surface area contributed by atoms with Gasteiger partial charge in [-0.3, -0.25) is 4.79 Å². The van der Waals surface area contributed by atoms with E-state index in [1.807, 2.05) is 0 Å². The SMILES string of the molecule is CNC1(C(=O)OC)CCCOCC1. The lowest BCUT2D eigenvalue weighted by Crippen LogP contribution is -2.51. The molecule has 0 aromatic rings. The lowest BCUT2D eigenvalue weighted by atomic mass is 9.91. The summed E-state index contributed by atoms with van der Waals surface area (Å²) in [7, 11) is 3.22. The van der Waals surface area contributed by atoms with Gasteiger partial charge in [0.05, 0.1) is 7.11 Å². The monoisotopic (exact) mass is 187 g/mol. The maximum absolute atomic E-state index is 11.5. The Kier molecular flexibility index (Phi) is 3.69. The zero-order valence-electron chi connectivity index (χ0n) is 8.26. The Bertz CT molecular complexity index is 174. The molecule has 1 rings (SSSR count). The van der Waals surface area contributed by atoms with E-state index in [1.54, 1.807) is 7.05 Å². The normalized spacial score (nSPS) is 29.4. The van der Waals surface area contributed by atoms with Gasteiger partial charge in [-0.15, -0.1) is 0 Å². The van der Waals surface area contributed by atoms with Crippen LogP contribution in [0.4, 0.5) is 0 Å². The quantitative estimate of drug-likeness (QED) is 0.632. The molecule has 4 nitrogen and oxygen atoms in total. The predicted molar refractivity (Wildman–Crippen MR) is 48.5 cm³/mol. The van der Waals surface area contributed by atoms with E-state index in [2.05, 4.69) is 5.32 Å². The first-order chi connectivity index (χ1) is 6.25. The van der Waals surface area contributed by atoms with Gasteiger partial charge in [-0.05, 0) is 26.3 Å². The fourth-order valence-corrected chi connectivity index (χ4v) is 1.70. The van der Waals surface area contributed by atoms with Crippen LogP contribution < -0.4 is 5.32 Å². The number of nitrogens with one attached hydrogen (secondary N) is 1. The lowest BCUT2D eigenvalue weighted by Gasteiger charge is -2.28. The van der Waals surface area contributed by atoms with Gasteiger partial charge < -0.3 is 14.8 Å². The lowest BCUT2D eigenvalue weighted by molar-refractivity contribution is -0.149. The van der Waals surface area contributed by atoms with Crippen molar-refractivity contribution in [2.24, 2.45) is 0 Å². The number of carbonyl (C=O) groups is 1. The molecule has 0 aromatic carbocycles. The highest BCUT2D eigenvalue weighted by atomic mass is 16.5. The van der Waals surface area contributed by atoms with Crippen LogP contribution in [0.3, 0.4) is 0 Å². The van der Waals surface area contributed by atoms with Gasteiger partial charge in [0.15, 0.2) is 0 Å². The van der Waals surface area contributed by atoms with Crippen molar-refractivity contribution in [1.29, 1.82) is 0 Å². The number of ether oxygens (including phenoxy) is 2. The van der Waals surface area contributed by atoms with E-state index in [0.717, 1.165) is 19.4 Å². The summed E-state index contributed by atoms with van der Waals surface area (Å²) in [5.41, 5.74) is -0.523. The highest BCUT2D eigenvalue weighted by molar-refractivity contribution is 5.80. The largest absolute Gasteiger partial charge is 0.468 e. The zero-order chi connectivity index (χ0) is 9.73. The Morgan fingerprint density at radius 3 is 2.85 bits per heavy atom. The fraction of sp³-hybridized carbons (Fsp3) is 0.889. The van der Waals surface area contributed by atoms with Gasteiger partial charge >= 0.3 is 5.97 Å². The van der Waals surface area contributed by atoms with Crippen molar-refractivity contribution in [3.8, 4) is 0 Å². The maximum atomic E-state index is 11.5. The van der Waals surface area contributed by atoms with Crippen molar-refractivity contribution < 1.29 is 14.3 Å². The average molecular weight is 187 g/mol. The van der Waals surface area contributed by atoms with Crippen molar-refractivity contribution in [2.45, 2.75) is 24.8 Å². The summed E-state index contributed by atoms with van der Waals surface area (Å²) in [6.07, 6.45) is 2.38. The molecule has 1 atom stereocenters. The third kappa shape index (κ3) is 2.19. The minimum Gasteiger partial charge on any atom is -0.468 e. The van der Waals surface area contributed by atoms with Crippen LogP contribution in [0.5, 0.6) is 0 Å². The second kappa shape index (κ2) is 4.58. The maximum Gasteiger partial charge on any atom is 0.326 e. The van der Waals surface area contributed by atoms with Crippen LogP contribution in [0, 0.1) is 0 Å².